The Morgan fingerprint density at radius 1 is 1.39 bits per heavy atom. The van der Waals surface area contributed by atoms with Gasteiger partial charge in [-0.15, -0.1) is 0 Å². The predicted molar refractivity (Wildman–Crippen MR) is 80.4 cm³/mol. The van der Waals surface area contributed by atoms with Crippen LogP contribution >= 0.6 is 15.9 Å². The highest BCUT2D eigenvalue weighted by molar-refractivity contribution is 9.09. The smallest absolute Gasteiger partial charge is 0.0582 e. The number of alkyl halides is 1. The number of benzene rings is 1. The van der Waals surface area contributed by atoms with E-state index in [1.54, 1.807) is 0 Å². The Bertz CT molecular complexity index is 377. The van der Waals surface area contributed by atoms with E-state index in [0.717, 1.165) is 11.8 Å². The lowest BCUT2D eigenvalue weighted by molar-refractivity contribution is 0.0428. The molecule has 2 heteroatoms. The van der Waals surface area contributed by atoms with E-state index in [0.29, 0.717) is 18.1 Å². The molecule has 100 valence electrons. The maximum atomic E-state index is 5.93. The fourth-order valence-corrected chi connectivity index (χ4v) is 3.30. The average Bonchev–Trinajstić information content (AvgIpc) is 2.74. The molecule has 0 spiro atoms. The molecule has 1 aromatic carbocycles. The van der Waals surface area contributed by atoms with Crippen LogP contribution in [0.4, 0.5) is 0 Å². The number of halogens is 1. The van der Waals surface area contributed by atoms with Gasteiger partial charge >= 0.3 is 0 Å². The van der Waals surface area contributed by atoms with Crippen molar-refractivity contribution in [3.8, 4) is 0 Å². The normalized spacial score (nSPS) is 25.3. The van der Waals surface area contributed by atoms with Crippen molar-refractivity contribution in [2.45, 2.75) is 51.7 Å². The van der Waals surface area contributed by atoms with Crippen molar-refractivity contribution in [3.63, 3.8) is 0 Å². The number of aryl methyl sites for hydroxylation is 1. The van der Waals surface area contributed by atoms with E-state index in [9.17, 15) is 0 Å². The van der Waals surface area contributed by atoms with Crippen LogP contribution in [0.2, 0.25) is 0 Å². The summed E-state index contributed by atoms with van der Waals surface area (Å²) in [6.07, 6.45) is 5.74. The van der Waals surface area contributed by atoms with Gasteiger partial charge in [0.05, 0.1) is 12.2 Å². The molecule has 1 heterocycles. The Kier molecular flexibility index (Phi) is 5.25. The molecule has 3 unspecified atom stereocenters. The van der Waals surface area contributed by atoms with Gasteiger partial charge in [-0.1, -0.05) is 45.8 Å². The second kappa shape index (κ2) is 6.72. The van der Waals surface area contributed by atoms with Gasteiger partial charge in [0.15, 0.2) is 0 Å². The minimum Gasteiger partial charge on any atom is -0.375 e. The van der Waals surface area contributed by atoms with Gasteiger partial charge in [-0.25, -0.2) is 0 Å². The average molecular weight is 311 g/mol. The van der Waals surface area contributed by atoms with Gasteiger partial charge in [0.1, 0.15) is 0 Å². The van der Waals surface area contributed by atoms with Gasteiger partial charge in [-0.3, -0.25) is 0 Å². The fourth-order valence-electron chi connectivity index (χ4n) is 2.80. The van der Waals surface area contributed by atoms with Crippen LogP contribution < -0.4 is 0 Å². The van der Waals surface area contributed by atoms with E-state index in [2.05, 4.69) is 54.0 Å². The zero-order valence-corrected chi connectivity index (χ0v) is 12.9. The van der Waals surface area contributed by atoms with Crippen molar-refractivity contribution in [3.05, 3.63) is 35.4 Å². The summed E-state index contributed by atoms with van der Waals surface area (Å²) in [6.45, 7) is 4.35. The topological polar surface area (TPSA) is 9.23 Å². The summed E-state index contributed by atoms with van der Waals surface area (Å²) in [5.41, 5.74) is 2.80. The Hall–Kier alpha value is -0.340. The third-order valence-corrected chi connectivity index (χ3v) is 4.66. The second-order valence-electron chi connectivity index (χ2n) is 5.60. The molecule has 1 aromatic rings. The van der Waals surface area contributed by atoms with Crippen molar-refractivity contribution < 1.29 is 4.74 Å². The molecule has 0 amide bonds. The molecule has 2 rings (SSSR count). The first-order valence-electron chi connectivity index (χ1n) is 6.94. The third-order valence-electron chi connectivity index (χ3n) is 3.74. The van der Waals surface area contributed by atoms with Gasteiger partial charge in [-0.2, -0.15) is 0 Å². The Morgan fingerprint density at radius 2 is 2.22 bits per heavy atom. The first-order valence-corrected chi connectivity index (χ1v) is 8.06. The van der Waals surface area contributed by atoms with E-state index in [1.807, 2.05) is 0 Å². The summed E-state index contributed by atoms with van der Waals surface area (Å²) in [4.78, 5) is 0. The minimum atomic E-state index is 0.463. The standard InChI is InChI=1S/C16H23BrO/c1-12-4-3-5-14(8-12)9-15(11-17)10-16-7-6-13(2)18-16/h3-5,8,13,15-16H,6-7,9-11H2,1-2H3. The molecule has 1 aliphatic heterocycles. The Labute approximate surface area is 119 Å². The van der Waals surface area contributed by atoms with E-state index in [4.69, 9.17) is 4.74 Å². The van der Waals surface area contributed by atoms with Crippen molar-refractivity contribution in [1.82, 2.24) is 0 Å². The molecule has 1 fully saturated rings. The van der Waals surface area contributed by atoms with E-state index >= 15 is 0 Å². The molecule has 1 saturated heterocycles. The lowest BCUT2D eigenvalue weighted by atomic mass is 9.94. The molecule has 0 radical (unpaired) electrons. The Morgan fingerprint density at radius 3 is 2.83 bits per heavy atom. The number of ether oxygens (including phenoxy) is 1. The van der Waals surface area contributed by atoms with E-state index < -0.39 is 0 Å². The van der Waals surface area contributed by atoms with Crippen molar-refractivity contribution in [2.24, 2.45) is 5.92 Å². The molecule has 1 nitrogen and oxygen atoms in total. The summed E-state index contributed by atoms with van der Waals surface area (Å²) in [5, 5.41) is 1.06. The summed E-state index contributed by atoms with van der Waals surface area (Å²) in [5.74, 6) is 0.682. The van der Waals surface area contributed by atoms with Crippen LogP contribution in [0.15, 0.2) is 24.3 Å². The molecule has 3 atom stereocenters. The lowest BCUT2D eigenvalue weighted by Gasteiger charge is -2.19. The second-order valence-corrected chi connectivity index (χ2v) is 6.24. The highest BCUT2D eigenvalue weighted by atomic mass is 79.9. The molecular formula is C16H23BrO. The van der Waals surface area contributed by atoms with Crippen LogP contribution in [0.1, 0.15) is 37.3 Å². The fraction of sp³-hybridized carbons (Fsp3) is 0.625. The number of hydrogen-bond acceptors (Lipinski definition) is 1. The van der Waals surface area contributed by atoms with Crippen molar-refractivity contribution in [1.29, 1.82) is 0 Å². The molecular weight excluding hydrogens is 288 g/mol. The highest BCUT2D eigenvalue weighted by Crippen LogP contribution is 2.27. The SMILES string of the molecule is Cc1cccc(CC(CBr)CC2CCC(C)O2)c1. The van der Waals surface area contributed by atoms with Gasteiger partial charge in [0, 0.05) is 5.33 Å². The zero-order valence-electron chi connectivity index (χ0n) is 11.4. The van der Waals surface area contributed by atoms with Crippen LogP contribution in [-0.4, -0.2) is 17.5 Å². The molecule has 0 saturated carbocycles. The van der Waals surface area contributed by atoms with Crippen LogP contribution in [0.5, 0.6) is 0 Å². The van der Waals surface area contributed by atoms with Crippen LogP contribution in [0, 0.1) is 12.8 Å². The maximum Gasteiger partial charge on any atom is 0.0582 e. The number of rotatable bonds is 5. The predicted octanol–water partition coefficient (Wildman–Crippen LogP) is 4.51. The van der Waals surface area contributed by atoms with Gasteiger partial charge in [0.25, 0.3) is 0 Å². The Balaban J connectivity index is 1.89. The largest absolute Gasteiger partial charge is 0.375 e. The van der Waals surface area contributed by atoms with Crippen LogP contribution in [0.3, 0.4) is 0 Å². The number of hydrogen-bond donors (Lipinski definition) is 0. The summed E-state index contributed by atoms with van der Waals surface area (Å²) in [7, 11) is 0. The van der Waals surface area contributed by atoms with Crippen LogP contribution in [-0.2, 0) is 11.2 Å². The molecule has 0 N–H and O–H groups in total. The van der Waals surface area contributed by atoms with Crippen molar-refractivity contribution in [2.75, 3.05) is 5.33 Å². The highest BCUT2D eigenvalue weighted by Gasteiger charge is 2.24. The van der Waals surface area contributed by atoms with Crippen LogP contribution in [0.25, 0.3) is 0 Å². The van der Waals surface area contributed by atoms with Gasteiger partial charge in [0.2, 0.25) is 0 Å². The maximum absolute atomic E-state index is 5.93. The molecule has 1 aliphatic rings. The molecule has 0 aromatic heterocycles. The van der Waals surface area contributed by atoms with Gasteiger partial charge in [-0.05, 0) is 51.0 Å². The zero-order chi connectivity index (χ0) is 13.0. The first kappa shape index (κ1) is 14.1. The first-order chi connectivity index (χ1) is 8.67. The monoisotopic (exact) mass is 310 g/mol. The van der Waals surface area contributed by atoms with E-state index in [-0.39, 0.29) is 0 Å². The minimum absolute atomic E-state index is 0.463. The molecule has 0 aliphatic carbocycles. The summed E-state index contributed by atoms with van der Waals surface area (Å²) < 4.78 is 5.93. The third kappa shape index (κ3) is 4.10. The van der Waals surface area contributed by atoms with Gasteiger partial charge < -0.3 is 4.74 Å². The summed E-state index contributed by atoms with van der Waals surface area (Å²) >= 11 is 3.66. The lowest BCUT2D eigenvalue weighted by Crippen LogP contribution is -2.17. The van der Waals surface area contributed by atoms with Crippen molar-refractivity contribution >= 4 is 15.9 Å². The molecule has 18 heavy (non-hydrogen) atoms. The van der Waals surface area contributed by atoms with E-state index in [1.165, 1.54) is 30.4 Å². The quantitative estimate of drug-likeness (QED) is 0.727. The summed E-state index contributed by atoms with van der Waals surface area (Å²) in [6, 6.07) is 8.85. The molecule has 0 bridgehead atoms.